The second-order valence-electron chi connectivity index (χ2n) is 5.59. The molecule has 0 radical (unpaired) electrons. The van der Waals surface area contributed by atoms with Gasteiger partial charge in [-0.15, -0.1) is 0 Å². The minimum Gasteiger partial charge on any atom is -0.384 e. The minimum absolute atomic E-state index is 0.666. The summed E-state index contributed by atoms with van der Waals surface area (Å²) in [4.78, 5) is 4.85. The molecule has 3 rings (SSSR count). The molecule has 2 fully saturated rings. The summed E-state index contributed by atoms with van der Waals surface area (Å²) in [6.45, 7) is 2.15. The van der Waals surface area contributed by atoms with E-state index in [2.05, 4.69) is 11.5 Å². The van der Waals surface area contributed by atoms with Gasteiger partial charge in [-0.1, -0.05) is 26.2 Å². The fraction of sp³-hybridized carbons (Fsp3) is 0.786. The SMILES string of the molecule is CCc1nc(C2CCCCC2)n(C2CC2)c1N. The second-order valence-corrected chi connectivity index (χ2v) is 5.59. The van der Waals surface area contributed by atoms with Crippen molar-refractivity contribution in [1.29, 1.82) is 0 Å². The van der Waals surface area contributed by atoms with Gasteiger partial charge in [-0.2, -0.15) is 0 Å². The molecule has 2 aliphatic carbocycles. The molecule has 1 heterocycles. The van der Waals surface area contributed by atoms with Crippen molar-refractivity contribution in [3.8, 4) is 0 Å². The van der Waals surface area contributed by atoms with Crippen LogP contribution in [0.1, 0.15) is 75.3 Å². The quantitative estimate of drug-likeness (QED) is 0.869. The number of hydrogen-bond acceptors (Lipinski definition) is 2. The number of aryl methyl sites for hydroxylation is 1. The number of rotatable bonds is 3. The van der Waals surface area contributed by atoms with Gasteiger partial charge in [-0.25, -0.2) is 4.98 Å². The number of nitrogen functional groups attached to an aromatic ring is 1. The lowest BCUT2D eigenvalue weighted by atomic mass is 9.88. The van der Waals surface area contributed by atoms with Crippen molar-refractivity contribution >= 4 is 5.82 Å². The molecular weight excluding hydrogens is 210 g/mol. The highest BCUT2D eigenvalue weighted by molar-refractivity contribution is 5.40. The van der Waals surface area contributed by atoms with Gasteiger partial charge in [0.15, 0.2) is 0 Å². The van der Waals surface area contributed by atoms with E-state index in [-0.39, 0.29) is 0 Å². The van der Waals surface area contributed by atoms with Crippen LogP contribution in [-0.2, 0) is 6.42 Å². The van der Waals surface area contributed by atoms with E-state index in [1.807, 2.05) is 0 Å². The molecular formula is C14H23N3. The molecule has 0 spiro atoms. The minimum atomic E-state index is 0.666. The predicted octanol–water partition coefficient (Wildman–Crippen LogP) is 3.41. The van der Waals surface area contributed by atoms with Crippen LogP contribution >= 0.6 is 0 Å². The number of anilines is 1. The summed E-state index contributed by atoms with van der Waals surface area (Å²) in [5.74, 6) is 2.93. The van der Waals surface area contributed by atoms with Crippen molar-refractivity contribution in [3.63, 3.8) is 0 Å². The first-order valence-corrected chi connectivity index (χ1v) is 7.17. The molecule has 1 aromatic heterocycles. The number of nitrogens with two attached hydrogens (primary N) is 1. The molecule has 3 heteroatoms. The van der Waals surface area contributed by atoms with E-state index in [4.69, 9.17) is 10.7 Å². The maximum absolute atomic E-state index is 6.26. The molecule has 0 aromatic carbocycles. The lowest BCUT2D eigenvalue weighted by Crippen LogP contribution is -2.12. The van der Waals surface area contributed by atoms with E-state index >= 15 is 0 Å². The highest BCUT2D eigenvalue weighted by Gasteiger charge is 2.32. The highest BCUT2D eigenvalue weighted by Crippen LogP contribution is 2.43. The Hall–Kier alpha value is -0.990. The average molecular weight is 233 g/mol. The molecule has 0 bridgehead atoms. The normalized spacial score (nSPS) is 21.9. The standard InChI is InChI=1S/C14H23N3/c1-2-12-13(15)17(11-8-9-11)14(16-12)10-6-4-3-5-7-10/h10-11H,2-9,15H2,1H3. The molecule has 2 aliphatic rings. The Kier molecular flexibility index (Phi) is 2.85. The molecule has 0 amide bonds. The predicted molar refractivity (Wildman–Crippen MR) is 70.1 cm³/mol. The van der Waals surface area contributed by atoms with Crippen LogP contribution in [0.4, 0.5) is 5.82 Å². The van der Waals surface area contributed by atoms with Crippen molar-refractivity contribution in [3.05, 3.63) is 11.5 Å². The van der Waals surface area contributed by atoms with Gasteiger partial charge in [-0.05, 0) is 32.1 Å². The van der Waals surface area contributed by atoms with E-state index in [0.29, 0.717) is 12.0 Å². The molecule has 2 saturated carbocycles. The third-order valence-electron chi connectivity index (χ3n) is 4.27. The maximum atomic E-state index is 6.26. The molecule has 0 aliphatic heterocycles. The number of imidazole rings is 1. The molecule has 0 saturated heterocycles. The van der Waals surface area contributed by atoms with Crippen LogP contribution in [0.5, 0.6) is 0 Å². The van der Waals surface area contributed by atoms with Gasteiger partial charge in [-0.3, -0.25) is 0 Å². The summed E-state index contributed by atoms with van der Waals surface area (Å²) in [6, 6.07) is 0.666. The number of hydrogen-bond donors (Lipinski definition) is 1. The molecule has 0 unspecified atom stereocenters. The largest absolute Gasteiger partial charge is 0.384 e. The fourth-order valence-corrected chi connectivity index (χ4v) is 3.14. The summed E-state index contributed by atoms with van der Waals surface area (Å²) in [5, 5.41) is 0. The number of aromatic nitrogens is 2. The Labute approximate surface area is 103 Å². The summed E-state index contributed by atoms with van der Waals surface area (Å²) < 4.78 is 2.37. The number of nitrogens with zero attached hydrogens (tertiary/aromatic N) is 2. The molecule has 1 aromatic rings. The van der Waals surface area contributed by atoms with E-state index in [9.17, 15) is 0 Å². The van der Waals surface area contributed by atoms with Crippen molar-refractivity contribution in [2.45, 2.75) is 70.3 Å². The Bertz CT molecular complexity index is 398. The van der Waals surface area contributed by atoms with Gasteiger partial charge < -0.3 is 10.3 Å². The van der Waals surface area contributed by atoms with Crippen molar-refractivity contribution in [1.82, 2.24) is 9.55 Å². The molecule has 17 heavy (non-hydrogen) atoms. The summed E-state index contributed by atoms with van der Waals surface area (Å²) in [5.41, 5.74) is 7.39. The first-order valence-electron chi connectivity index (χ1n) is 7.17. The van der Waals surface area contributed by atoms with Gasteiger partial charge in [0.2, 0.25) is 0 Å². The van der Waals surface area contributed by atoms with Gasteiger partial charge in [0.05, 0.1) is 5.69 Å². The lowest BCUT2D eigenvalue weighted by Gasteiger charge is -2.22. The Morgan fingerprint density at radius 3 is 2.47 bits per heavy atom. The van der Waals surface area contributed by atoms with E-state index < -0.39 is 0 Å². The zero-order chi connectivity index (χ0) is 11.8. The topological polar surface area (TPSA) is 43.8 Å². The van der Waals surface area contributed by atoms with Crippen LogP contribution < -0.4 is 5.73 Å². The zero-order valence-corrected chi connectivity index (χ0v) is 10.8. The van der Waals surface area contributed by atoms with Crippen LogP contribution in [0.25, 0.3) is 0 Å². The smallest absolute Gasteiger partial charge is 0.127 e. The molecule has 3 nitrogen and oxygen atoms in total. The van der Waals surface area contributed by atoms with Crippen LogP contribution in [0, 0.1) is 0 Å². The third kappa shape index (κ3) is 1.96. The van der Waals surface area contributed by atoms with Gasteiger partial charge in [0.1, 0.15) is 11.6 Å². The third-order valence-corrected chi connectivity index (χ3v) is 4.27. The lowest BCUT2D eigenvalue weighted by molar-refractivity contribution is 0.416. The maximum Gasteiger partial charge on any atom is 0.127 e. The molecule has 2 N–H and O–H groups in total. The average Bonchev–Trinajstić information content (AvgIpc) is 3.14. The van der Waals surface area contributed by atoms with Crippen molar-refractivity contribution in [2.24, 2.45) is 0 Å². The molecule has 0 atom stereocenters. The highest BCUT2D eigenvalue weighted by atomic mass is 15.2. The van der Waals surface area contributed by atoms with Crippen molar-refractivity contribution < 1.29 is 0 Å². The molecule has 94 valence electrons. The van der Waals surface area contributed by atoms with Crippen LogP contribution in [0.2, 0.25) is 0 Å². The summed E-state index contributed by atoms with van der Waals surface area (Å²) in [6.07, 6.45) is 10.3. The van der Waals surface area contributed by atoms with Crippen LogP contribution in [0.15, 0.2) is 0 Å². The van der Waals surface area contributed by atoms with E-state index in [1.165, 1.54) is 50.8 Å². The van der Waals surface area contributed by atoms with Crippen molar-refractivity contribution in [2.75, 3.05) is 5.73 Å². The first kappa shape index (κ1) is 11.1. The van der Waals surface area contributed by atoms with Gasteiger partial charge in [0, 0.05) is 12.0 Å². The summed E-state index contributed by atoms with van der Waals surface area (Å²) in [7, 11) is 0. The Balaban J connectivity index is 1.95. The monoisotopic (exact) mass is 233 g/mol. The Morgan fingerprint density at radius 2 is 1.88 bits per heavy atom. The fourth-order valence-electron chi connectivity index (χ4n) is 3.14. The second kappa shape index (κ2) is 4.35. The van der Waals surface area contributed by atoms with E-state index in [0.717, 1.165) is 17.9 Å². The van der Waals surface area contributed by atoms with Crippen LogP contribution in [-0.4, -0.2) is 9.55 Å². The van der Waals surface area contributed by atoms with E-state index in [1.54, 1.807) is 0 Å². The van der Waals surface area contributed by atoms with Gasteiger partial charge >= 0.3 is 0 Å². The van der Waals surface area contributed by atoms with Gasteiger partial charge in [0.25, 0.3) is 0 Å². The summed E-state index contributed by atoms with van der Waals surface area (Å²) >= 11 is 0. The zero-order valence-electron chi connectivity index (χ0n) is 10.8. The van der Waals surface area contributed by atoms with Crippen LogP contribution in [0.3, 0.4) is 0 Å². The Morgan fingerprint density at radius 1 is 1.18 bits per heavy atom. The first-order chi connectivity index (χ1) is 8.31.